The zero-order valence-electron chi connectivity index (χ0n) is 24.6. The number of rotatable bonds is 19. The molecule has 7 nitrogen and oxygen atoms in total. The molecule has 0 saturated carbocycles. The zero-order valence-corrected chi connectivity index (χ0v) is 24.6. The third kappa shape index (κ3) is 9.87. The summed E-state index contributed by atoms with van der Waals surface area (Å²) in [5.41, 5.74) is 2.97. The maximum Gasteiger partial charge on any atom is 0.123 e. The minimum atomic E-state index is -0.328. The summed E-state index contributed by atoms with van der Waals surface area (Å²) in [5.74, 6) is 2.98. The van der Waals surface area contributed by atoms with Crippen molar-refractivity contribution in [3.8, 4) is 23.0 Å². The maximum absolute atomic E-state index is 11.6. The second kappa shape index (κ2) is 17.2. The van der Waals surface area contributed by atoms with Gasteiger partial charge in [0.05, 0.1) is 26.4 Å². The minimum Gasteiger partial charge on any atom is -0.493 e. The first-order chi connectivity index (χ1) is 19.6. The van der Waals surface area contributed by atoms with Crippen LogP contribution in [0.3, 0.4) is 0 Å². The summed E-state index contributed by atoms with van der Waals surface area (Å²) in [6.45, 7) is 14.2. The monoisotopic (exact) mass is 549 g/mol. The Balaban J connectivity index is 1.40. The van der Waals surface area contributed by atoms with Crippen molar-refractivity contribution in [2.75, 3.05) is 62.4 Å². The smallest absolute Gasteiger partial charge is 0.123 e. The van der Waals surface area contributed by atoms with E-state index in [0.29, 0.717) is 43.5 Å². The molecule has 0 unspecified atom stereocenters. The van der Waals surface area contributed by atoms with Crippen LogP contribution in [0.1, 0.15) is 46.1 Å². The predicted octanol–water partition coefficient (Wildman–Crippen LogP) is 7.01. The molecule has 0 heterocycles. The van der Waals surface area contributed by atoms with Crippen LogP contribution in [0.5, 0.6) is 23.0 Å². The van der Waals surface area contributed by atoms with Gasteiger partial charge in [-0.15, -0.1) is 0 Å². The standard InChI is InChI=1S/C33H45N2O5/c1-5-34(6-2)28-13-9-15-30(23-28)37-17-11-19-39-32-21-27(26-36)22-33(25-32)40-20-12-18-38-31-16-10-14-29(24-31)35(7-3)8-4/h9-10,13-16,21-25H,5-8,11-12,17-20,26H2,1-4H3. The van der Waals surface area contributed by atoms with Gasteiger partial charge < -0.3 is 28.7 Å². The van der Waals surface area contributed by atoms with Crippen LogP contribution in [0.2, 0.25) is 0 Å². The van der Waals surface area contributed by atoms with Crippen LogP contribution in [0.4, 0.5) is 11.4 Å². The van der Waals surface area contributed by atoms with Crippen molar-refractivity contribution < 1.29 is 24.1 Å². The van der Waals surface area contributed by atoms with Crippen LogP contribution in [-0.4, -0.2) is 52.6 Å². The van der Waals surface area contributed by atoms with Crippen LogP contribution < -0.4 is 28.7 Å². The predicted molar refractivity (Wildman–Crippen MR) is 162 cm³/mol. The molecule has 0 atom stereocenters. The van der Waals surface area contributed by atoms with Crippen molar-refractivity contribution in [2.45, 2.75) is 47.1 Å². The molecule has 0 saturated heterocycles. The normalized spacial score (nSPS) is 10.7. The Labute approximate surface area is 240 Å². The summed E-state index contributed by atoms with van der Waals surface area (Å²) in [4.78, 5) is 4.58. The molecule has 0 bridgehead atoms. The molecule has 40 heavy (non-hydrogen) atoms. The van der Waals surface area contributed by atoms with Gasteiger partial charge in [-0.2, -0.15) is 0 Å². The Kier molecular flexibility index (Phi) is 13.3. The number of ether oxygens (including phenoxy) is 4. The third-order valence-electron chi connectivity index (χ3n) is 6.65. The molecule has 3 rings (SSSR count). The van der Waals surface area contributed by atoms with E-state index in [-0.39, 0.29) is 6.61 Å². The van der Waals surface area contributed by atoms with Gasteiger partial charge in [0, 0.05) is 68.6 Å². The lowest BCUT2D eigenvalue weighted by Gasteiger charge is -2.21. The Hall–Kier alpha value is -3.58. The van der Waals surface area contributed by atoms with Gasteiger partial charge in [-0.05, 0) is 69.7 Å². The fraction of sp³-hybridized carbons (Fsp3) is 0.455. The van der Waals surface area contributed by atoms with E-state index in [1.165, 1.54) is 0 Å². The molecule has 0 fully saturated rings. The molecule has 0 N–H and O–H groups in total. The van der Waals surface area contributed by atoms with Crippen molar-refractivity contribution in [1.82, 2.24) is 0 Å². The molecule has 0 spiro atoms. The number of hydrogen-bond donors (Lipinski definition) is 0. The minimum absolute atomic E-state index is 0.328. The van der Waals surface area contributed by atoms with E-state index in [2.05, 4.69) is 61.8 Å². The first-order valence-corrected chi connectivity index (χ1v) is 14.5. The van der Waals surface area contributed by atoms with Gasteiger partial charge >= 0.3 is 0 Å². The molecule has 0 amide bonds. The molecule has 3 aromatic rings. The van der Waals surface area contributed by atoms with Crippen LogP contribution in [0, 0.1) is 0 Å². The van der Waals surface area contributed by atoms with Gasteiger partial charge in [0.25, 0.3) is 0 Å². The lowest BCUT2D eigenvalue weighted by molar-refractivity contribution is 0.176. The van der Waals surface area contributed by atoms with E-state index >= 15 is 0 Å². The average molecular weight is 550 g/mol. The molecular weight excluding hydrogens is 504 g/mol. The molecule has 217 valence electrons. The Morgan fingerprint density at radius 2 is 0.925 bits per heavy atom. The van der Waals surface area contributed by atoms with Gasteiger partial charge in [-0.3, -0.25) is 0 Å². The van der Waals surface area contributed by atoms with Crippen LogP contribution in [0.15, 0.2) is 66.7 Å². The van der Waals surface area contributed by atoms with Gasteiger partial charge in [0.1, 0.15) is 29.6 Å². The van der Waals surface area contributed by atoms with Crippen molar-refractivity contribution in [1.29, 1.82) is 0 Å². The molecular formula is C33H45N2O5. The second-order valence-corrected chi connectivity index (χ2v) is 9.40. The summed E-state index contributed by atoms with van der Waals surface area (Å²) in [6, 6.07) is 21.7. The Bertz CT molecular complexity index is 1050. The van der Waals surface area contributed by atoms with Crippen molar-refractivity contribution >= 4 is 11.4 Å². The highest BCUT2D eigenvalue weighted by atomic mass is 16.5. The Morgan fingerprint density at radius 3 is 1.30 bits per heavy atom. The average Bonchev–Trinajstić information content (AvgIpc) is 2.98. The van der Waals surface area contributed by atoms with Gasteiger partial charge in [0.2, 0.25) is 0 Å². The lowest BCUT2D eigenvalue weighted by atomic mass is 10.2. The fourth-order valence-corrected chi connectivity index (χ4v) is 4.48. The highest BCUT2D eigenvalue weighted by molar-refractivity contribution is 5.51. The second-order valence-electron chi connectivity index (χ2n) is 9.40. The van der Waals surface area contributed by atoms with E-state index in [4.69, 9.17) is 18.9 Å². The molecule has 7 heteroatoms. The van der Waals surface area contributed by atoms with Crippen LogP contribution in [0.25, 0.3) is 0 Å². The van der Waals surface area contributed by atoms with E-state index in [0.717, 1.165) is 61.9 Å². The first-order valence-electron chi connectivity index (χ1n) is 14.5. The largest absolute Gasteiger partial charge is 0.493 e. The van der Waals surface area contributed by atoms with E-state index in [1.54, 1.807) is 12.1 Å². The molecule has 0 aromatic heterocycles. The topological polar surface area (TPSA) is 63.3 Å². The quantitative estimate of drug-likeness (QED) is 0.150. The zero-order chi connectivity index (χ0) is 28.6. The summed E-state index contributed by atoms with van der Waals surface area (Å²) < 4.78 is 23.7. The lowest BCUT2D eigenvalue weighted by Crippen LogP contribution is -2.21. The molecule has 3 aromatic carbocycles. The van der Waals surface area contributed by atoms with E-state index in [1.807, 2.05) is 30.3 Å². The van der Waals surface area contributed by atoms with Crippen molar-refractivity contribution in [3.05, 3.63) is 72.3 Å². The fourth-order valence-electron chi connectivity index (χ4n) is 4.48. The Morgan fingerprint density at radius 1 is 0.525 bits per heavy atom. The van der Waals surface area contributed by atoms with Gasteiger partial charge in [-0.25, -0.2) is 5.11 Å². The van der Waals surface area contributed by atoms with Gasteiger partial charge in [-0.1, -0.05) is 12.1 Å². The highest BCUT2D eigenvalue weighted by Gasteiger charge is 2.07. The molecule has 0 aliphatic carbocycles. The summed E-state index contributed by atoms with van der Waals surface area (Å²) in [7, 11) is 0. The molecule has 0 aliphatic rings. The van der Waals surface area contributed by atoms with Crippen molar-refractivity contribution in [3.63, 3.8) is 0 Å². The highest BCUT2D eigenvalue weighted by Crippen LogP contribution is 2.25. The van der Waals surface area contributed by atoms with Crippen molar-refractivity contribution in [2.24, 2.45) is 0 Å². The first kappa shape index (κ1) is 31.0. The van der Waals surface area contributed by atoms with Crippen LogP contribution in [-0.2, 0) is 11.7 Å². The summed E-state index contributed by atoms with van der Waals surface area (Å²) in [5, 5.41) is 11.6. The summed E-state index contributed by atoms with van der Waals surface area (Å²) >= 11 is 0. The van der Waals surface area contributed by atoms with E-state index in [9.17, 15) is 5.11 Å². The number of hydrogen-bond acceptors (Lipinski definition) is 6. The maximum atomic E-state index is 11.6. The number of anilines is 2. The number of benzene rings is 3. The SMILES string of the molecule is CCN(CC)c1cccc(OCCCOc2cc(C[O])cc(OCCCOc3cccc(N(CC)CC)c3)c2)c1. The molecule has 0 aliphatic heterocycles. The summed E-state index contributed by atoms with van der Waals surface area (Å²) in [6.07, 6.45) is 1.44. The third-order valence-corrected chi connectivity index (χ3v) is 6.65. The number of nitrogens with zero attached hydrogens (tertiary/aromatic N) is 2. The van der Waals surface area contributed by atoms with E-state index < -0.39 is 0 Å². The molecule has 1 radical (unpaired) electrons. The van der Waals surface area contributed by atoms with Gasteiger partial charge in [0.15, 0.2) is 0 Å². The van der Waals surface area contributed by atoms with Crippen LogP contribution >= 0.6 is 0 Å².